The highest BCUT2D eigenvalue weighted by molar-refractivity contribution is 8.00. The first kappa shape index (κ1) is 9.80. The summed E-state index contributed by atoms with van der Waals surface area (Å²) < 4.78 is 20.4. The van der Waals surface area contributed by atoms with Crippen LogP contribution in [0.15, 0.2) is 22.4 Å². The predicted molar refractivity (Wildman–Crippen MR) is 60.1 cm³/mol. The summed E-state index contributed by atoms with van der Waals surface area (Å²) in [6, 6.07) is 5.31. The van der Waals surface area contributed by atoms with Crippen molar-refractivity contribution < 1.29 is 9.13 Å². The molecule has 0 fully saturated rings. The van der Waals surface area contributed by atoms with Gasteiger partial charge in [-0.1, -0.05) is 0 Å². The lowest BCUT2D eigenvalue weighted by Crippen LogP contribution is -1.86. The van der Waals surface area contributed by atoms with Crippen molar-refractivity contribution in [3.05, 3.63) is 24.0 Å². The van der Waals surface area contributed by atoms with Crippen LogP contribution >= 0.6 is 23.1 Å². The van der Waals surface area contributed by atoms with Crippen LogP contribution in [0.2, 0.25) is 0 Å². The summed E-state index contributed by atoms with van der Waals surface area (Å²) in [7, 11) is 1.48. The lowest BCUT2D eigenvalue weighted by molar-refractivity contribution is 0.387. The van der Waals surface area contributed by atoms with Gasteiger partial charge in [0.1, 0.15) is 0 Å². The van der Waals surface area contributed by atoms with E-state index in [-0.39, 0.29) is 5.82 Å². The van der Waals surface area contributed by atoms with Gasteiger partial charge in [0.15, 0.2) is 11.6 Å². The molecule has 0 atom stereocenters. The number of methoxy groups -OCH3 is 1. The lowest BCUT2D eigenvalue weighted by Gasteiger charge is -2.00. The lowest BCUT2D eigenvalue weighted by atomic mass is 10.2. The monoisotopic (exact) mass is 228 g/mol. The highest BCUT2D eigenvalue weighted by atomic mass is 32.2. The Kier molecular flexibility index (Phi) is 2.65. The molecular formula is C10H9FOS2. The molecule has 0 unspecified atom stereocenters. The van der Waals surface area contributed by atoms with Gasteiger partial charge in [-0.3, -0.25) is 0 Å². The molecule has 4 heteroatoms. The van der Waals surface area contributed by atoms with E-state index in [1.807, 2.05) is 12.3 Å². The molecule has 0 bridgehead atoms. The Balaban J connectivity index is 2.64. The van der Waals surface area contributed by atoms with Gasteiger partial charge in [0.2, 0.25) is 0 Å². The highest BCUT2D eigenvalue weighted by Crippen LogP contribution is 2.34. The first-order valence-electron chi connectivity index (χ1n) is 4.05. The maximum absolute atomic E-state index is 13.3. The van der Waals surface area contributed by atoms with Crippen molar-refractivity contribution in [2.75, 3.05) is 13.4 Å². The number of benzene rings is 1. The number of rotatable bonds is 2. The van der Waals surface area contributed by atoms with Gasteiger partial charge in [0.05, 0.1) is 11.3 Å². The summed E-state index contributed by atoms with van der Waals surface area (Å²) in [5, 5.41) is 1.04. The van der Waals surface area contributed by atoms with Gasteiger partial charge in [-0.05, 0) is 29.8 Å². The molecule has 0 aliphatic heterocycles. The summed E-state index contributed by atoms with van der Waals surface area (Å²) >= 11 is 3.27. The topological polar surface area (TPSA) is 9.23 Å². The zero-order valence-electron chi connectivity index (χ0n) is 7.83. The van der Waals surface area contributed by atoms with Gasteiger partial charge in [0, 0.05) is 4.70 Å². The molecule has 0 N–H and O–H groups in total. The van der Waals surface area contributed by atoms with Gasteiger partial charge in [-0.25, -0.2) is 4.39 Å². The van der Waals surface area contributed by atoms with Crippen LogP contribution in [0, 0.1) is 5.82 Å². The molecule has 1 nitrogen and oxygen atoms in total. The van der Waals surface area contributed by atoms with E-state index in [1.54, 1.807) is 29.2 Å². The molecule has 1 aromatic carbocycles. The van der Waals surface area contributed by atoms with E-state index in [9.17, 15) is 4.39 Å². The number of thiophene rings is 1. The van der Waals surface area contributed by atoms with Crippen LogP contribution in [-0.2, 0) is 0 Å². The van der Waals surface area contributed by atoms with E-state index in [1.165, 1.54) is 17.4 Å². The minimum absolute atomic E-state index is 0.297. The molecule has 1 aromatic heterocycles. The third kappa shape index (κ3) is 1.60. The Morgan fingerprint density at radius 3 is 2.79 bits per heavy atom. The van der Waals surface area contributed by atoms with E-state index in [0.717, 1.165) is 10.1 Å². The minimum atomic E-state index is -0.297. The maximum Gasteiger partial charge on any atom is 0.166 e. The average molecular weight is 228 g/mol. The summed E-state index contributed by atoms with van der Waals surface area (Å²) in [5.74, 6) is 0.0115. The van der Waals surface area contributed by atoms with Crippen molar-refractivity contribution in [2.24, 2.45) is 0 Å². The molecule has 74 valence electrons. The molecule has 0 aliphatic carbocycles. The molecule has 0 spiro atoms. The second kappa shape index (κ2) is 3.79. The van der Waals surface area contributed by atoms with Gasteiger partial charge in [-0.2, -0.15) is 0 Å². The van der Waals surface area contributed by atoms with Crippen molar-refractivity contribution in [2.45, 2.75) is 4.21 Å². The molecule has 1 heterocycles. The quantitative estimate of drug-likeness (QED) is 0.724. The second-order valence-corrected chi connectivity index (χ2v) is 4.98. The second-order valence-electron chi connectivity index (χ2n) is 2.79. The molecule has 2 aromatic rings. The van der Waals surface area contributed by atoms with Crippen LogP contribution in [0.1, 0.15) is 0 Å². The highest BCUT2D eigenvalue weighted by Gasteiger charge is 2.07. The number of hydrogen-bond donors (Lipinski definition) is 0. The number of fused-ring (bicyclic) bond motifs is 1. The Hall–Kier alpha value is -0.740. The van der Waals surface area contributed by atoms with Crippen molar-refractivity contribution >= 4 is 33.2 Å². The van der Waals surface area contributed by atoms with E-state index >= 15 is 0 Å². The van der Waals surface area contributed by atoms with Gasteiger partial charge in [-0.15, -0.1) is 23.1 Å². The van der Waals surface area contributed by atoms with Crippen molar-refractivity contribution in [1.29, 1.82) is 0 Å². The average Bonchev–Trinajstić information content (AvgIpc) is 2.58. The molecule has 0 saturated heterocycles. The zero-order chi connectivity index (χ0) is 10.1. The molecule has 2 rings (SSSR count). The minimum Gasteiger partial charge on any atom is -0.494 e. The molecule has 14 heavy (non-hydrogen) atoms. The van der Waals surface area contributed by atoms with Crippen LogP contribution in [0.25, 0.3) is 10.1 Å². The number of thioether (sulfide) groups is 1. The predicted octanol–water partition coefficient (Wildman–Crippen LogP) is 3.77. The Morgan fingerprint density at radius 1 is 1.36 bits per heavy atom. The van der Waals surface area contributed by atoms with Crippen LogP contribution in [-0.4, -0.2) is 13.4 Å². The number of hydrogen-bond acceptors (Lipinski definition) is 3. The molecule has 0 amide bonds. The molecular weight excluding hydrogens is 219 g/mol. The van der Waals surface area contributed by atoms with E-state index < -0.39 is 0 Å². The maximum atomic E-state index is 13.3. The van der Waals surface area contributed by atoms with Crippen molar-refractivity contribution in [3.63, 3.8) is 0 Å². The smallest absolute Gasteiger partial charge is 0.166 e. The van der Waals surface area contributed by atoms with Gasteiger partial charge in [0.25, 0.3) is 0 Å². The SMILES string of the molecule is COc1cc2cc(SC)sc2cc1F. The van der Waals surface area contributed by atoms with Crippen LogP contribution in [0.3, 0.4) is 0 Å². The first-order chi connectivity index (χ1) is 6.74. The zero-order valence-corrected chi connectivity index (χ0v) is 9.47. The number of halogens is 1. The molecule has 0 aliphatic rings. The Labute approximate surface area is 89.9 Å². The fourth-order valence-corrected chi connectivity index (χ4v) is 2.92. The third-order valence-corrected chi connectivity index (χ3v) is 4.13. The van der Waals surface area contributed by atoms with E-state index in [2.05, 4.69) is 0 Å². The summed E-state index contributed by atoms with van der Waals surface area (Å²) in [5.41, 5.74) is 0. The van der Waals surface area contributed by atoms with Gasteiger partial charge >= 0.3 is 0 Å². The molecule has 0 saturated carbocycles. The number of ether oxygens (including phenoxy) is 1. The van der Waals surface area contributed by atoms with E-state index in [0.29, 0.717) is 5.75 Å². The summed E-state index contributed by atoms with van der Waals surface area (Å²) in [4.78, 5) is 0. The Morgan fingerprint density at radius 2 is 2.14 bits per heavy atom. The summed E-state index contributed by atoms with van der Waals surface area (Å²) in [6.07, 6.45) is 2.01. The van der Waals surface area contributed by atoms with Crippen LogP contribution < -0.4 is 4.74 Å². The van der Waals surface area contributed by atoms with Crippen molar-refractivity contribution in [3.8, 4) is 5.75 Å². The largest absolute Gasteiger partial charge is 0.494 e. The molecule has 0 radical (unpaired) electrons. The summed E-state index contributed by atoms with van der Waals surface area (Å²) in [6.45, 7) is 0. The van der Waals surface area contributed by atoms with Crippen LogP contribution in [0.4, 0.5) is 4.39 Å². The fraction of sp³-hybridized carbons (Fsp3) is 0.200. The van der Waals surface area contributed by atoms with Gasteiger partial charge < -0.3 is 4.74 Å². The third-order valence-electron chi connectivity index (χ3n) is 1.97. The standard InChI is InChI=1S/C10H9FOS2/c1-12-8-3-6-4-10(13-2)14-9(6)5-7(8)11/h3-5H,1-2H3. The van der Waals surface area contributed by atoms with Crippen LogP contribution in [0.5, 0.6) is 5.75 Å². The van der Waals surface area contributed by atoms with E-state index in [4.69, 9.17) is 4.74 Å². The fourth-order valence-electron chi connectivity index (χ4n) is 1.27. The Bertz CT molecular complexity index is 464. The normalized spacial score (nSPS) is 10.8. The first-order valence-corrected chi connectivity index (χ1v) is 6.10. The van der Waals surface area contributed by atoms with Crippen molar-refractivity contribution in [1.82, 2.24) is 0 Å².